The Bertz CT molecular complexity index is 1130. The summed E-state index contributed by atoms with van der Waals surface area (Å²) >= 11 is 0. The molecule has 2 aliphatic rings. The number of aliphatic hydroxyl groups excluding tert-OH is 1. The second-order valence-electron chi connectivity index (χ2n) is 7.71. The number of aliphatic hydroxyl groups is 1. The summed E-state index contributed by atoms with van der Waals surface area (Å²) in [6.07, 6.45) is -1.44. The van der Waals surface area contributed by atoms with Crippen molar-refractivity contribution >= 4 is 11.0 Å². The number of methoxy groups -OCH3 is 1. The molecule has 1 fully saturated rings. The lowest BCUT2D eigenvalue weighted by atomic mass is 9.87. The Balaban J connectivity index is 1.82. The highest BCUT2D eigenvalue weighted by Gasteiger charge is 2.56. The molecule has 3 unspecified atom stereocenters. The van der Waals surface area contributed by atoms with Gasteiger partial charge in [0.2, 0.25) is 6.29 Å². The highest BCUT2D eigenvalue weighted by atomic mass is 16.7. The van der Waals surface area contributed by atoms with Crippen LogP contribution in [0.3, 0.4) is 0 Å². The molecule has 0 saturated carbocycles. The van der Waals surface area contributed by atoms with E-state index in [2.05, 4.69) is 0 Å². The standard InChI is InChI=1S/C22H20O6/c1-22(2)20(24)18-17-15(27-21(18)28-22)10-14(25-3)16-12(23)9-13(26-19(16)17)11-7-5-4-6-8-11/h4-10,18,20-21,24H,1-3H3. The van der Waals surface area contributed by atoms with Crippen molar-refractivity contribution in [1.82, 2.24) is 0 Å². The number of fused-ring (bicyclic) bond motifs is 5. The van der Waals surface area contributed by atoms with Gasteiger partial charge in [-0.2, -0.15) is 0 Å². The lowest BCUT2D eigenvalue weighted by Gasteiger charge is -2.24. The molecule has 5 rings (SSSR count). The number of ether oxygens (including phenoxy) is 3. The summed E-state index contributed by atoms with van der Waals surface area (Å²) in [5.41, 5.74) is 0.826. The molecule has 2 aliphatic heterocycles. The molecule has 0 amide bonds. The molecule has 6 heteroatoms. The highest BCUT2D eigenvalue weighted by molar-refractivity contribution is 5.90. The van der Waals surface area contributed by atoms with Gasteiger partial charge in [0.25, 0.3) is 0 Å². The van der Waals surface area contributed by atoms with Gasteiger partial charge in [0, 0.05) is 17.7 Å². The molecular formula is C22H20O6. The van der Waals surface area contributed by atoms with E-state index in [1.807, 2.05) is 44.2 Å². The smallest absolute Gasteiger partial charge is 0.210 e. The molecule has 0 bridgehead atoms. The van der Waals surface area contributed by atoms with Crippen LogP contribution in [0.25, 0.3) is 22.3 Å². The predicted molar refractivity (Wildman–Crippen MR) is 103 cm³/mol. The molecule has 0 spiro atoms. The summed E-state index contributed by atoms with van der Waals surface area (Å²) in [5.74, 6) is 0.871. The average molecular weight is 380 g/mol. The van der Waals surface area contributed by atoms with Crippen LogP contribution in [0.2, 0.25) is 0 Å². The zero-order valence-electron chi connectivity index (χ0n) is 15.8. The lowest BCUT2D eigenvalue weighted by Crippen LogP contribution is -2.34. The van der Waals surface area contributed by atoms with Gasteiger partial charge in [0.15, 0.2) is 5.43 Å². The molecule has 3 heterocycles. The van der Waals surface area contributed by atoms with Crippen molar-refractivity contribution in [2.45, 2.75) is 37.8 Å². The third-order valence-corrected chi connectivity index (χ3v) is 5.59. The van der Waals surface area contributed by atoms with Crippen LogP contribution in [-0.4, -0.2) is 30.2 Å². The van der Waals surface area contributed by atoms with Crippen molar-refractivity contribution in [1.29, 1.82) is 0 Å². The first-order valence-electron chi connectivity index (χ1n) is 9.17. The Kier molecular flexibility index (Phi) is 3.60. The van der Waals surface area contributed by atoms with Gasteiger partial charge in [0.05, 0.1) is 30.3 Å². The van der Waals surface area contributed by atoms with Crippen LogP contribution in [0.4, 0.5) is 0 Å². The van der Waals surface area contributed by atoms with Crippen LogP contribution in [0.5, 0.6) is 11.5 Å². The minimum Gasteiger partial charge on any atom is -0.496 e. The summed E-state index contributed by atoms with van der Waals surface area (Å²) in [7, 11) is 1.50. The van der Waals surface area contributed by atoms with Gasteiger partial charge in [-0.1, -0.05) is 30.3 Å². The van der Waals surface area contributed by atoms with E-state index in [-0.39, 0.29) is 5.43 Å². The molecule has 3 aromatic rings. The zero-order chi connectivity index (χ0) is 19.6. The van der Waals surface area contributed by atoms with Crippen molar-refractivity contribution in [3.63, 3.8) is 0 Å². The van der Waals surface area contributed by atoms with Crippen molar-refractivity contribution in [3.8, 4) is 22.8 Å². The number of hydrogen-bond acceptors (Lipinski definition) is 6. The van der Waals surface area contributed by atoms with Crippen LogP contribution < -0.4 is 14.9 Å². The van der Waals surface area contributed by atoms with Crippen molar-refractivity contribution in [2.24, 2.45) is 0 Å². The molecule has 0 radical (unpaired) electrons. The second kappa shape index (κ2) is 5.83. The fourth-order valence-corrected chi connectivity index (χ4v) is 4.16. The zero-order valence-corrected chi connectivity index (χ0v) is 15.8. The number of rotatable bonds is 2. The average Bonchev–Trinajstić information content (AvgIpc) is 3.13. The normalized spacial score (nSPS) is 24.6. The topological polar surface area (TPSA) is 78.1 Å². The van der Waals surface area contributed by atoms with E-state index < -0.39 is 23.9 Å². The van der Waals surface area contributed by atoms with Crippen LogP contribution >= 0.6 is 0 Å². The van der Waals surface area contributed by atoms with Crippen LogP contribution in [0, 0.1) is 0 Å². The van der Waals surface area contributed by atoms with Crippen molar-refractivity contribution in [2.75, 3.05) is 7.11 Å². The van der Waals surface area contributed by atoms with Gasteiger partial charge in [-0.15, -0.1) is 0 Å². The first-order valence-corrected chi connectivity index (χ1v) is 9.17. The van der Waals surface area contributed by atoms with E-state index in [0.717, 1.165) is 5.56 Å². The van der Waals surface area contributed by atoms with Gasteiger partial charge >= 0.3 is 0 Å². The molecule has 144 valence electrons. The van der Waals surface area contributed by atoms with Crippen LogP contribution in [0.1, 0.15) is 25.3 Å². The Labute approximate surface area is 161 Å². The van der Waals surface area contributed by atoms with Gasteiger partial charge in [-0.25, -0.2) is 0 Å². The van der Waals surface area contributed by atoms with E-state index in [0.29, 0.717) is 33.8 Å². The maximum Gasteiger partial charge on any atom is 0.210 e. The van der Waals surface area contributed by atoms with Crippen molar-refractivity contribution < 1.29 is 23.7 Å². The SMILES string of the molecule is COc1cc2c(c3oc(-c4ccccc4)cc(=O)c13)C1C(O2)OC(C)(C)C1O. The minimum absolute atomic E-state index is 0.212. The summed E-state index contributed by atoms with van der Waals surface area (Å²) < 4.78 is 23.5. The Hall–Kier alpha value is -2.83. The predicted octanol–water partition coefficient (Wildman–Crippen LogP) is 3.44. The first kappa shape index (κ1) is 17.3. The second-order valence-corrected chi connectivity index (χ2v) is 7.71. The van der Waals surface area contributed by atoms with Gasteiger partial charge in [0.1, 0.15) is 28.2 Å². The van der Waals surface area contributed by atoms with Crippen LogP contribution in [0.15, 0.2) is 51.7 Å². The largest absolute Gasteiger partial charge is 0.496 e. The summed E-state index contributed by atoms with van der Waals surface area (Å²) in [6.45, 7) is 3.63. The Morgan fingerprint density at radius 1 is 1.14 bits per heavy atom. The molecular weight excluding hydrogens is 360 g/mol. The van der Waals surface area contributed by atoms with E-state index in [1.54, 1.807) is 6.07 Å². The van der Waals surface area contributed by atoms with E-state index >= 15 is 0 Å². The Morgan fingerprint density at radius 3 is 2.61 bits per heavy atom. The fraction of sp³-hybridized carbons (Fsp3) is 0.318. The van der Waals surface area contributed by atoms with Crippen LogP contribution in [-0.2, 0) is 4.74 Å². The summed E-state index contributed by atoms with van der Waals surface area (Å²) in [5, 5.41) is 11.2. The monoisotopic (exact) mass is 380 g/mol. The van der Waals surface area contributed by atoms with Gasteiger partial charge < -0.3 is 23.7 Å². The highest BCUT2D eigenvalue weighted by Crippen LogP contribution is 2.53. The molecule has 1 N–H and O–H groups in total. The third kappa shape index (κ3) is 2.31. The molecule has 3 atom stereocenters. The van der Waals surface area contributed by atoms with Crippen molar-refractivity contribution in [3.05, 3.63) is 58.3 Å². The molecule has 0 aliphatic carbocycles. The van der Waals surface area contributed by atoms with Gasteiger partial charge in [-0.3, -0.25) is 4.79 Å². The molecule has 1 aromatic heterocycles. The van der Waals surface area contributed by atoms with Gasteiger partial charge in [-0.05, 0) is 13.8 Å². The third-order valence-electron chi connectivity index (χ3n) is 5.59. The van der Waals surface area contributed by atoms with E-state index in [4.69, 9.17) is 18.6 Å². The van der Waals surface area contributed by atoms with E-state index in [9.17, 15) is 9.90 Å². The first-order chi connectivity index (χ1) is 13.4. The molecule has 1 saturated heterocycles. The summed E-state index contributed by atoms with van der Waals surface area (Å²) in [6, 6.07) is 12.5. The lowest BCUT2D eigenvalue weighted by molar-refractivity contribution is -0.118. The number of benzene rings is 2. The summed E-state index contributed by atoms with van der Waals surface area (Å²) in [4.78, 5) is 13.0. The maximum atomic E-state index is 13.0. The van der Waals surface area contributed by atoms with E-state index in [1.165, 1.54) is 13.2 Å². The minimum atomic E-state index is -0.805. The molecule has 28 heavy (non-hydrogen) atoms. The molecule has 6 nitrogen and oxygen atoms in total. The molecule has 2 aromatic carbocycles. The maximum absolute atomic E-state index is 13.0. The fourth-order valence-electron chi connectivity index (χ4n) is 4.16. The Morgan fingerprint density at radius 2 is 1.89 bits per heavy atom. The number of hydrogen-bond donors (Lipinski definition) is 1. The quantitative estimate of drug-likeness (QED) is 0.734.